The smallest absolute Gasteiger partial charge is 0.220 e. The predicted molar refractivity (Wildman–Crippen MR) is 87.7 cm³/mol. The van der Waals surface area contributed by atoms with Crippen molar-refractivity contribution < 1.29 is 4.79 Å². The number of carbonyl (C=O) groups excluding carboxylic acids is 1. The van der Waals surface area contributed by atoms with Gasteiger partial charge in [-0.25, -0.2) is 0 Å². The van der Waals surface area contributed by atoms with Crippen LogP contribution in [0.5, 0.6) is 0 Å². The van der Waals surface area contributed by atoms with Gasteiger partial charge in [-0.2, -0.15) is 0 Å². The molecule has 3 heteroatoms. The Bertz CT molecular complexity index is 229. The van der Waals surface area contributed by atoms with E-state index in [0.717, 1.165) is 32.2 Å². The maximum atomic E-state index is 11.4. The topological polar surface area (TPSA) is 46.3 Å². The van der Waals surface area contributed by atoms with E-state index in [2.05, 4.69) is 25.9 Å². The summed E-state index contributed by atoms with van der Waals surface area (Å²) in [5.41, 5.74) is 5.50. The molecule has 0 saturated carbocycles. The molecule has 0 aromatic rings. The lowest BCUT2D eigenvalue weighted by atomic mass is 9.95. The minimum atomic E-state index is -0.105. The third-order valence-corrected chi connectivity index (χ3v) is 3.97. The first kappa shape index (κ1) is 19.4. The molecule has 0 spiro atoms. The van der Waals surface area contributed by atoms with Gasteiger partial charge in [-0.05, 0) is 39.9 Å². The van der Waals surface area contributed by atoms with Crippen molar-refractivity contribution in [3.63, 3.8) is 0 Å². The summed E-state index contributed by atoms with van der Waals surface area (Å²) in [6, 6.07) is 0. The molecule has 1 atom stereocenters. The quantitative estimate of drug-likeness (QED) is 0.491. The first-order chi connectivity index (χ1) is 9.57. The van der Waals surface area contributed by atoms with Gasteiger partial charge in [0, 0.05) is 5.92 Å². The monoisotopic (exact) mass is 284 g/mol. The van der Waals surface area contributed by atoms with Crippen LogP contribution in [0.4, 0.5) is 0 Å². The zero-order valence-corrected chi connectivity index (χ0v) is 14.0. The number of hydrogen-bond donors (Lipinski definition) is 1. The highest BCUT2D eigenvalue weighted by Gasteiger charge is 2.14. The Hall–Kier alpha value is -0.570. The summed E-state index contributed by atoms with van der Waals surface area (Å²) in [6.45, 7) is 3.29. The first-order valence-electron chi connectivity index (χ1n) is 8.52. The Kier molecular flexibility index (Phi) is 13.0. The summed E-state index contributed by atoms with van der Waals surface area (Å²) in [7, 11) is 4.13. The Labute approximate surface area is 126 Å². The number of nitrogens with zero attached hydrogens (tertiary/aromatic N) is 1. The molecule has 20 heavy (non-hydrogen) atoms. The lowest BCUT2D eigenvalue weighted by Crippen LogP contribution is -2.24. The van der Waals surface area contributed by atoms with Crippen LogP contribution in [0.25, 0.3) is 0 Å². The van der Waals surface area contributed by atoms with Crippen LogP contribution in [-0.4, -0.2) is 31.4 Å². The molecule has 120 valence electrons. The van der Waals surface area contributed by atoms with Gasteiger partial charge < -0.3 is 10.6 Å². The molecular formula is C17H36N2O. The van der Waals surface area contributed by atoms with Gasteiger partial charge in [0.05, 0.1) is 0 Å². The largest absolute Gasteiger partial charge is 0.369 e. The molecule has 0 heterocycles. The van der Waals surface area contributed by atoms with Crippen molar-refractivity contribution in [2.75, 3.05) is 20.6 Å². The molecule has 1 amide bonds. The molecule has 0 bridgehead atoms. The zero-order chi connectivity index (χ0) is 15.2. The molecule has 3 nitrogen and oxygen atoms in total. The number of hydrogen-bond acceptors (Lipinski definition) is 2. The summed E-state index contributed by atoms with van der Waals surface area (Å²) in [6.07, 6.45) is 13.5. The number of primary amides is 1. The lowest BCUT2D eigenvalue weighted by Gasteiger charge is -2.15. The standard InChI is InChI=1S/C17H36N2O/c1-4-5-6-7-8-9-10-11-13-16(17(18)20)14-12-15-19(2)3/h16H,4-15H2,1-3H3,(H2,18,20). The van der Waals surface area contributed by atoms with Crippen molar-refractivity contribution >= 4 is 5.91 Å². The molecule has 0 fully saturated rings. The van der Waals surface area contributed by atoms with Crippen LogP contribution in [0.15, 0.2) is 0 Å². The molecule has 0 aliphatic rings. The van der Waals surface area contributed by atoms with E-state index in [1.54, 1.807) is 0 Å². The van der Waals surface area contributed by atoms with E-state index in [1.165, 1.54) is 44.9 Å². The van der Waals surface area contributed by atoms with Gasteiger partial charge in [-0.3, -0.25) is 4.79 Å². The van der Waals surface area contributed by atoms with Crippen molar-refractivity contribution in [1.29, 1.82) is 0 Å². The van der Waals surface area contributed by atoms with E-state index in [1.807, 2.05) is 0 Å². The molecule has 2 N–H and O–H groups in total. The Balaban J connectivity index is 3.53. The third-order valence-electron chi connectivity index (χ3n) is 3.97. The molecule has 0 aromatic carbocycles. The van der Waals surface area contributed by atoms with Crippen LogP contribution in [0, 0.1) is 5.92 Å². The minimum Gasteiger partial charge on any atom is -0.369 e. The van der Waals surface area contributed by atoms with Crippen LogP contribution < -0.4 is 5.73 Å². The lowest BCUT2D eigenvalue weighted by molar-refractivity contribution is -0.122. The van der Waals surface area contributed by atoms with Gasteiger partial charge in [0.15, 0.2) is 0 Å². The van der Waals surface area contributed by atoms with Crippen LogP contribution in [0.2, 0.25) is 0 Å². The van der Waals surface area contributed by atoms with Crippen LogP contribution in [-0.2, 0) is 4.79 Å². The number of unbranched alkanes of at least 4 members (excludes halogenated alkanes) is 7. The van der Waals surface area contributed by atoms with Gasteiger partial charge in [0.25, 0.3) is 0 Å². The van der Waals surface area contributed by atoms with E-state index < -0.39 is 0 Å². The van der Waals surface area contributed by atoms with E-state index in [-0.39, 0.29) is 11.8 Å². The Morgan fingerprint density at radius 3 is 1.90 bits per heavy atom. The van der Waals surface area contributed by atoms with Crippen LogP contribution >= 0.6 is 0 Å². The maximum Gasteiger partial charge on any atom is 0.220 e. The third kappa shape index (κ3) is 12.5. The Morgan fingerprint density at radius 1 is 0.900 bits per heavy atom. The average molecular weight is 284 g/mol. The molecule has 1 unspecified atom stereocenters. The van der Waals surface area contributed by atoms with Crippen molar-refractivity contribution in [1.82, 2.24) is 4.90 Å². The highest BCUT2D eigenvalue weighted by molar-refractivity contribution is 5.76. The number of amides is 1. The molecule has 0 rings (SSSR count). The normalized spacial score (nSPS) is 12.8. The second kappa shape index (κ2) is 13.4. The second-order valence-electron chi connectivity index (χ2n) is 6.31. The SMILES string of the molecule is CCCCCCCCCCC(CCCN(C)C)C(N)=O. The van der Waals surface area contributed by atoms with Crippen molar-refractivity contribution in [3.05, 3.63) is 0 Å². The molecular weight excluding hydrogens is 248 g/mol. The minimum absolute atomic E-state index is 0.0926. The summed E-state index contributed by atoms with van der Waals surface area (Å²) in [5, 5.41) is 0. The van der Waals surface area contributed by atoms with Gasteiger partial charge in [0.2, 0.25) is 5.91 Å². The van der Waals surface area contributed by atoms with E-state index in [0.29, 0.717) is 0 Å². The van der Waals surface area contributed by atoms with E-state index >= 15 is 0 Å². The fourth-order valence-electron chi connectivity index (χ4n) is 2.61. The Morgan fingerprint density at radius 2 is 1.40 bits per heavy atom. The van der Waals surface area contributed by atoms with E-state index in [9.17, 15) is 4.79 Å². The van der Waals surface area contributed by atoms with Gasteiger partial charge in [0.1, 0.15) is 0 Å². The maximum absolute atomic E-state index is 11.4. The molecule has 0 radical (unpaired) electrons. The molecule has 0 aromatic heterocycles. The van der Waals surface area contributed by atoms with Crippen LogP contribution in [0.1, 0.15) is 77.6 Å². The number of rotatable bonds is 14. The fourth-order valence-corrected chi connectivity index (χ4v) is 2.61. The van der Waals surface area contributed by atoms with Gasteiger partial charge in [-0.1, -0.05) is 58.3 Å². The van der Waals surface area contributed by atoms with E-state index in [4.69, 9.17) is 5.73 Å². The molecule has 0 saturated heterocycles. The highest BCUT2D eigenvalue weighted by atomic mass is 16.1. The van der Waals surface area contributed by atoms with Gasteiger partial charge >= 0.3 is 0 Å². The second-order valence-corrected chi connectivity index (χ2v) is 6.31. The van der Waals surface area contributed by atoms with Crippen molar-refractivity contribution in [2.24, 2.45) is 11.7 Å². The summed E-state index contributed by atoms with van der Waals surface area (Å²) < 4.78 is 0. The van der Waals surface area contributed by atoms with Gasteiger partial charge in [-0.15, -0.1) is 0 Å². The summed E-state index contributed by atoms with van der Waals surface area (Å²) in [5.74, 6) is -0.0123. The number of nitrogens with two attached hydrogens (primary N) is 1. The van der Waals surface area contributed by atoms with Crippen molar-refractivity contribution in [3.8, 4) is 0 Å². The fraction of sp³-hybridized carbons (Fsp3) is 0.941. The van der Waals surface area contributed by atoms with Crippen LogP contribution in [0.3, 0.4) is 0 Å². The predicted octanol–water partition coefficient (Wildman–Crippen LogP) is 3.96. The summed E-state index contributed by atoms with van der Waals surface area (Å²) in [4.78, 5) is 13.6. The first-order valence-corrected chi connectivity index (χ1v) is 8.52. The average Bonchev–Trinajstić information content (AvgIpc) is 2.39. The number of carbonyl (C=O) groups is 1. The highest BCUT2D eigenvalue weighted by Crippen LogP contribution is 2.17. The zero-order valence-electron chi connectivity index (χ0n) is 14.0. The molecule has 0 aliphatic heterocycles. The summed E-state index contributed by atoms with van der Waals surface area (Å²) >= 11 is 0. The molecule has 0 aliphatic carbocycles. The van der Waals surface area contributed by atoms with Crippen molar-refractivity contribution in [2.45, 2.75) is 77.6 Å².